The van der Waals surface area contributed by atoms with Crippen LogP contribution >= 0.6 is 60.5 Å². The molecule has 0 aliphatic carbocycles. The molecule has 2 nitrogen and oxygen atoms in total. The van der Waals surface area contributed by atoms with Crippen molar-refractivity contribution in [3.63, 3.8) is 0 Å². The van der Waals surface area contributed by atoms with Gasteiger partial charge in [-0.15, -0.1) is 0 Å². The van der Waals surface area contributed by atoms with Crippen LogP contribution in [0.4, 0.5) is 0 Å². The van der Waals surface area contributed by atoms with Crippen molar-refractivity contribution < 1.29 is 10.2 Å². The van der Waals surface area contributed by atoms with Gasteiger partial charge in [0.25, 0.3) is 0 Å². The van der Waals surface area contributed by atoms with Crippen LogP contribution in [0, 0.1) is 0 Å². The number of hydrogen-bond donors (Lipinski definition) is 4. The highest BCUT2D eigenvalue weighted by atomic mass is 32.2. The summed E-state index contributed by atoms with van der Waals surface area (Å²) in [6.07, 6.45) is 0. The molecule has 104 valence electrons. The fourth-order valence-corrected chi connectivity index (χ4v) is 5.03. The smallest absolute Gasteiger partial charge is 0.184 e. The van der Waals surface area contributed by atoms with Crippen molar-refractivity contribution in [1.29, 1.82) is 0 Å². The van der Waals surface area contributed by atoms with Crippen molar-refractivity contribution in [2.24, 2.45) is 0 Å². The Balaban J connectivity index is 3.57. The van der Waals surface area contributed by atoms with Crippen LogP contribution in [0.3, 0.4) is 0 Å². The predicted molar refractivity (Wildman–Crippen MR) is 91.4 cm³/mol. The molecule has 0 aliphatic heterocycles. The molecule has 2 N–H and O–H groups in total. The van der Waals surface area contributed by atoms with Gasteiger partial charge in [0.05, 0.1) is 5.25 Å². The lowest BCUT2D eigenvalue weighted by Crippen LogP contribution is -2.43. The van der Waals surface area contributed by atoms with Gasteiger partial charge < -0.3 is 10.2 Å². The molecule has 0 aromatic heterocycles. The Hall–Kier alpha value is 1.67. The van der Waals surface area contributed by atoms with Crippen LogP contribution in [0.25, 0.3) is 0 Å². The molecule has 0 saturated heterocycles. The molecule has 1 unspecified atom stereocenters. The van der Waals surface area contributed by atoms with Gasteiger partial charge >= 0.3 is 0 Å². The highest BCUT2D eigenvalue weighted by Crippen LogP contribution is 2.25. The molecule has 0 spiro atoms. The number of hydrogen-bond acceptors (Lipinski definition) is 7. The maximum absolute atomic E-state index is 9.65. The Kier molecular flexibility index (Phi) is 12.6. The zero-order valence-electron chi connectivity index (χ0n) is 10.0. The summed E-state index contributed by atoms with van der Waals surface area (Å²) in [6.45, 7) is 2.17. The SMILES string of the molecule is CCSCCSCCSC(CS)C(O)(O)CS. The predicted octanol–water partition coefficient (Wildman–Crippen LogP) is 2.12. The molecule has 7 heteroatoms. The molecule has 0 aliphatic rings. The monoisotopic (exact) mass is 334 g/mol. The standard InChI is InChI=1S/C10H22O2S5/c1-2-15-3-4-16-5-6-17-9(7-13)10(11,12)8-14/h9,11-14H,2-8H2,1H3. The summed E-state index contributed by atoms with van der Waals surface area (Å²) in [6, 6.07) is 0. The molecule has 0 saturated carbocycles. The van der Waals surface area contributed by atoms with Gasteiger partial charge in [-0.3, -0.25) is 0 Å². The summed E-state index contributed by atoms with van der Waals surface area (Å²) >= 11 is 13.5. The zero-order valence-corrected chi connectivity index (χ0v) is 14.3. The third-order valence-electron chi connectivity index (χ3n) is 2.04. The third-order valence-corrected chi connectivity index (χ3v) is 6.90. The first-order chi connectivity index (χ1) is 8.08. The first-order valence-corrected chi connectivity index (χ1v) is 10.1. The first-order valence-electron chi connectivity index (χ1n) is 5.52. The summed E-state index contributed by atoms with van der Waals surface area (Å²) in [5, 5.41) is 19.0. The lowest BCUT2D eigenvalue weighted by molar-refractivity contribution is -0.135. The lowest BCUT2D eigenvalue weighted by Gasteiger charge is -2.28. The van der Waals surface area contributed by atoms with Crippen molar-refractivity contribution in [3.8, 4) is 0 Å². The van der Waals surface area contributed by atoms with E-state index in [1.54, 1.807) is 11.8 Å². The molecule has 1 atom stereocenters. The van der Waals surface area contributed by atoms with Gasteiger partial charge in [0.2, 0.25) is 0 Å². The number of thioether (sulfide) groups is 3. The fraction of sp³-hybridized carbons (Fsp3) is 1.00. The Morgan fingerprint density at radius 2 is 1.65 bits per heavy atom. The van der Waals surface area contributed by atoms with E-state index in [1.807, 2.05) is 23.5 Å². The Labute approximate surface area is 128 Å². The van der Waals surface area contributed by atoms with E-state index in [0.29, 0.717) is 5.75 Å². The van der Waals surface area contributed by atoms with Crippen molar-refractivity contribution in [2.75, 3.05) is 40.3 Å². The van der Waals surface area contributed by atoms with E-state index in [0.717, 1.165) is 11.5 Å². The molecule has 0 bridgehead atoms. The van der Waals surface area contributed by atoms with E-state index < -0.39 is 5.79 Å². The topological polar surface area (TPSA) is 40.5 Å². The molecule has 0 aromatic rings. The van der Waals surface area contributed by atoms with Crippen molar-refractivity contribution in [1.82, 2.24) is 0 Å². The third kappa shape index (κ3) is 9.24. The van der Waals surface area contributed by atoms with Gasteiger partial charge in [-0.1, -0.05) is 6.92 Å². The highest BCUT2D eigenvalue weighted by Gasteiger charge is 2.32. The van der Waals surface area contributed by atoms with E-state index in [-0.39, 0.29) is 11.0 Å². The average Bonchev–Trinajstić information content (AvgIpc) is 2.32. The van der Waals surface area contributed by atoms with Crippen molar-refractivity contribution >= 4 is 60.5 Å². The molecule has 0 heterocycles. The van der Waals surface area contributed by atoms with Crippen molar-refractivity contribution in [2.45, 2.75) is 18.0 Å². The van der Waals surface area contributed by atoms with Crippen LogP contribution in [-0.2, 0) is 0 Å². The van der Waals surface area contributed by atoms with Gasteiger partial charge in [-0.2, -0.15) is 60.5 Å². The second kappa shape index (κ2) is 11.5. The second-order valence-corrected chi connectivity index (χ2v) is 8.00. The van der Waals surface area contributed by atoms with Crippen molar-refractivity contribution in [3.05, 3.63) is 0 Å². The molecule has 0 amide bonds. The molecule has 0 fully saturated rings. The van der Waals surface area contributed by atoms with E-state index >= 15 is 0 Å². The van der Waals surface area contributed by atoms with Gasteiger partial charge in [0.15, 0.2) is 5.79 Å². The maximum Gasteiger partial charge on any atom is 0.184 e. The fourth-order valence-electron chi connectivity index (χ4n) is 1.05. The summed E-state index contributed by atoms with van der Waals surface area (Å²) in [5.41, 5.74) is 0. The molecule has 17 heavy (non-hydrogen) atoms. The molecule has 0 rings (SSSR count). The largest absolute Gasteiger partial charge is 0.364 e. The lowest BCUT2D eigenvalue weighted by atomic mass is 10.2. The van der Waals surface area contributed by atoms with Crippen LogP contribution in [-0.4, -0.2) is 61.5 Å². The zero-order chi connectivity index (χ0) is 13.1. The van der Waals surface area contributed by atoms with Gasteiger partial charge in [0.1, 0.15) is 0 Å². The summed E-state index contributed by atoms with van der Waals surface area (Å²) in [7, 11) is 0. The number of aliphatic hydroxyl groups is 2. The molecule has 0 aromatic carbocycles. The maximum atomic E-state index is 9.65. The van der Waals surface area contributed by atoms with E-state index in [1.165, 1.54) is 17.3 Å². The van der Waals surface area contributed by atoms with Crippen LogP contribution in [0.5, 0.6) is 0 Å². The summed E-state index contributed by atoms with van der Waals surface area (Å²) < 4.78 is 0. The molecular formula is C10H22O2S5. The summed E-state index contributed by atoms with van der Waals surface area (Å²) in [5.74, 6) is 4.29. The Morgan fingerprint density at radius 1 is 1.06 bits per heavy atom. The van der Waals surface area contributed by atoms with Gasteiger partial charge in [0, 0.05) is 34.5 Å². The highest BCUT2D eigenvalue weighted by molar-refractivity contribution is 8.04. The second-order valence-electron chi connectivity index (χ2n) is 3.39. The first kappa shape index (κ1) is 18.7. The normalized spacial score (nSPS) is 13.9. The quantitative estimate of drug-likeness (QED) is 0.265. The number of thiol groups is 2. The minimum atomic E-state index is -1.71. The van der Waals surface area contributed by atoms with Crippen LogP contribution in [0.15, 0.2) is 0 Å². The van der Waals surface area contributed by atoms with E-state index in [9.17, 15) is 10.2 Å². The van der Waals surface area contributed by atoms with E-state index in [2.05, 4.69) is 32.2 Å². The van der Waals surface area contributed by atoms with Crippen LogP contribution in [0.2, 0.25) is 0 Å². The van der Waals surface area contributed by atoms with Gasteiger partial charge in [-0.25, -0.2) is 0 Å². The Bertz CT molecular complexity index is 180. The Morgan fingerprint density at radius 3 is 2.18 bits per heavy atom. The minimum absolute atomic E-state index is 0.0471. The average molecular weight is 335 g/mol. The summed E-state index contributed by atoms with van der Waals surface area (Å²) in [4.78, 5) is 0. The van der Waals surface area contributed by atoms with Crippen LogP contribution < -0.4 is 0 Å². The van der Waals surface area contributed by atoms with Crippen LogP contribution in [0.1, 0.15) is 6.92 Å². The van der Waals surface area contributed by atoms with Gasteiger partial charge in [-0.05, 0) is 5.75 Å². The minimum Gasteiger partial charge on any atom is -0.364 e. The molecular weight excluding hydrogens is 312 g/mol. The molecule has 0 radical (unpaired) electrons. The van der Waals surface area contributed by atoms with E-state index in [4.69, 9.17) is 0 Å². The number of rotatable bonds is 11.